The summed E-state index contributed by atoms with van der Waals surface area (Å²) in [5.74, 6) is -1.18. The van der Waals surface area contributed by atoms with E-state index in [0.717, 1.165) is 12.8 Å². The highest BCUT2D eigenvalue weighted by Crippen LogP contribution is 2.26. The number of hydrogen-bond donors (Lipinski definition) is 1. The lowest BCUT2D eigenvalue weighted by atomic mass is 10.0. The van der Waals surface area contributed by atoms with Gasteiger partial charge in [0.2, 0.25) is 5.91 Å². The van der Waals surface area contributed by atoms with Gasteiger partial charge >= 0.3 is 5.97 Å². The van der Waals surface area contributed by atoms with Gasteiger partial charge in [0.05, 0.1) is 18.8 Å². The molecule has 1 aliphatic rings. The van der Waals surface area contributed by atoms with E-state index in [2.05, 4.69) is 10.2 Å². The standard InChI is InChI=1S/C20H23ClFN3O3/c1-13(19(26)23-17-6-5-14(21)12-16(17)22)24-10-7-15(8-11-24)25-9-3-4-18(25)20(27)28-2/h3-6,9,12-13,15H,7-8,10-11H2,1-2H3,(H,23,26). The van der Waals surface area contributed by atoms with E-state index in [4.69, 9.17) is 16.3 Å². The number of piperidine rings is 1. The van der Waals surface area contributed by atoms with Gasteiger partial charge in [-0.15, -0.1) is 0 Å². The van der Waals surface area contributed by atoms with Crippen LogP contribution in [-0.4, -0.2) is 47.6 Å². The second kappa shape index (κ2) is 8.75. The van der Waals surface area contributed by atoms with Gasteiger partial charge in [0.25, 0.3) is 0 Å². The average Bonchev–Trinajstić information content (AvgIpc) is 3.19. The number of nitrogens with zero attached hydrogens (tertiary/aromatic N) is 2. The molecule has 0 radical (unpaired) electrons. The SMILES string of the molecule is COC(=O)c1cccn1C1CCN(C(C)C(=O)Nc2ccc(Cl)cc2F)CC1. The Kier molecular flexibility index (Phi) is 6.36. The summed E-state index contributed by atoms with van der Waals surface area (Å²) in [7, 11) is 1.37. The number of anilines is 1. The van der Waals surface area contributed by atoms with Crippen LogP contribution in [0.2, 0.25) is 5.02 Å². The highest BCUT2D eigenvalue weighted by molar-refractivity contribution is 6.30. The van der Waals surface area contributed by atoms with E-state index in [1.807, 2.05) is 16.8 Å². The Labute approximate surface area is 168 Å². The van der Waals surface area contributed by atoms with E-state index >= 15 is 0 Å². The van der Waals surface area contributed by atoms with Gasteiger partial charge in [0, 0.05) is 30.4 Å². The van der Waals surface area contributed by atoms with Crippen LogP contribution in [0.5, 0.6) is 0 Å². The van der Waals surface area contributed by atoms with E-state index in [-0.39, 0.29) is 28.6 Å². The molecule has 1 unspecified atom stereocenters. The topological polar surface area (TPSA) is 63.6 Å². The first kappa shape index (κ1) is 20.4. The Balaban J connectivity index is 1.59. The van der Waals surface area contributed by atoms with Gasteiger partial charge in [0.15, 0.2) is 0 Å². The van der Waals surface area contributed by atoms with Crippen molar-refractivity contribution in [2.75, 3.05) is 25.5 Å². The predicted molar refractivity (Wildman–Crippen MR) is 105 cm³/mol. The molecule has 1 amide bonds. The molecule has 1 atom stereocenters. The highest BCUT2D eigenvalue weighted by Gasteiger charge is 2.29. The monoisotopic (exact) mass is 407 g/mol. The number of carbonyl (C=O) groups excluding carboxylic acids is 2. The summed E-state index contributed by atoms with van der Waals surface area (Å²) in [6, 6.07) is 7.50. The number of hydrogen-bond acceptors (Lipinski definition) is 4. The van der Waals surface area contributed by atoms with E-state index in [1.54, 1.807) is 13.0 Å². The van der Waals surface area contributed by atoms with Gasteiger partial charge in [-0.1, -0.05) is 11.6 Å². The van der Waals surface area contributed by atoms with Gasteiger partial charge in [-0.2, -0.15) is 0 Å². The zero-order chi connectivity index (χ0) is 20.3. The van der Waals surface area contributed by atoms with Crippen LogP contribution in [0.3, 0.4) is 0 Å². The Bertz CT molecular complexity index is 862. The van der Waals surface area contributed by atoms with Gasteiger partial charge in [-0.05, 0) is 50.1 Å². The van der Waals surface area contributed by atoms with Crippen LogP contribution in [0.25, 0.3) is 0 Å². The van der Waals surface area contributed by atoms with E-state index in [0.29, 0.717) is 18.8 Å². The molecule has 2 aromatic rings. The summed E-state index contributed by atoms with van der Waals surface area (Å²) >= 11 is 5.74. The van der Waals surface area contributed by atoms with Gasteiger partial charge in [-0.25, -0.2) is 9.18 Å². The maximum absolute atomic E-state index is 13.9. The molecule has 1 fully saturated rings. The lowest BCUT2D eigenvalue weighted by molar-refractivity contribution is -0.121. The molecule has 1 aromatic heterocycles. The van der Waals surface area contributed by atoms with E-state index in [9.17, 15) is 14.0 Å². The third-order valence-electron chi connectivity index (χ3n) is 5.18. The second-order valence-corrected chi connectivity index (χ2v) is 7.29. The maximum atomic E-state index is 13.9. The molecular weight excluding hydrogens is 385 g/mol. The molecule has 0 bridgehead atoms. The normalized spacial score (nSPS) is 16.6. The van der Waals surface area contributed by atoms with Crippen molar-refractivity contribution < 1.29 is 18.7 Å². The molecule has 1 N–H and O–H groups in total. The Morgan fingerprint density at radius 3 is 2.64 bits per heavy atom. The third-order valence-corrected chi connectivity index (χ3v) is 5.42. The molecule has 3 rings (SSSR count). The Morgan fingerprint density at radius 1 is 1.29 bits per heavy atom. The fraction of sp³-hybridized carbons (Fsp3) is 0.400. The van der Waals surface area contributed by atoms with Gasteiger partial charge < -0.3 is 14.6 Å². The number of nitrogens with one attached hydrogen (secondary N) is 1. The van der Waals surface area contributed by atoms with E-state index < -0.39 is 11.9 Å². The zero-order valence-corrected chi connectivity index (χ0v) is 16.6. The van der Waals surface area contributed by atoms with Gasteiger partial charge in [0.1, 0.15) is 11.5 Å². The second-order valence-electron chi connectivity index (χ2n) is 6.85. The summed E-state index contributed by atoms with van der Waals surface area (Å²) in [5, 5.41) is 2.90. The Hall–Kier alpha value is -2.38. The van der Waals surface area contributed by atoms with Crippen molar-refractivity contribution in [2.45, 2.75) is 31.8 Å². The number of aromatic nitrogens is 1. The van der Waals surface area contributed by atoms with E-state index in [1.165, 1.54) is 25.3 Å². The number of amides is 1. The first-order chi connectivity index (χ1) is 13.4. The number of carbonyl (C=O) groups is 2. The lowest BCUT2D eigenvalue weighted by Gasteiger charge is -2.36. The van der Waals surface area contributed by atoms with Crippen LogP contribution in [0, 0.1) is 5.82 Å². The summed E-state index contributed by atoms with van der Waals surface area (Å²) < 4.78 is 20.7. The molecule has 2 heterocycles. The molecule has 6 nitrogen and oxygen atoms in total. The van der Waals surface area contributed by atoms with Crippen molar-refractivity contribution in [3.63, 3.8) is 0 Å². The Morgan fingerprint density at radius 2 is 2.00 bits per heavy atom. The zero-order valence-electron chi connectivity index (χ0n) is 15.8. The molecule has 1 aromatic carbocycles. The number of esters is 1. The third kappa shape index (κ3) is 4.36. The van der Waals surface area contributed by atoms with Crippen molar-refractivity contribution >= 4 is 29.2 Å². The van der Waals surface area contributed by atoms with Crippen molar-refractivity contribution in [1.82, 2.24) is 9.47 Å². The van der Waals surface area contributed by atoms with Crippen LogP contribution in [0.1, 0.15) is 36.3 Å². The summed E-state index contributed by atoms with van der Waals surface area (Å²) in [6.45, 7) is 3.20. The van der Waals surface area contributed by atoms with Crippen molar-refractivity contribution in [3.8, 4) is 0 Å². The minimum atomic E-state index is -0.560. The molecule has 28 heavy (non-hydrogen) atoms. The smallest absolute Gasteiger partial charge is 0.354 e. The number of benzene rings is 1. The van der Waals surface area contributed by atoms with Crippen LogP contribution < -0.4 is 5.32 Å². The number of halogens is 2. The minimum Gasteiger partial charge on any atom is -0.464 e. The lowest BCUT2D eigenvalue weighted by Crippen LogP contribution is -2.46. The molecular formula is C20H23ClFN3O3. The van der Waals surface area contributed by atoms with Gasteiger partial charge in [-0.3, -0.25) is 9.69 Å². The van der Waals surface area contributed by atoms with Crippen LogP contribution >= 0.6 is 11.6 Å². The molecule has 0 saturated carbocycles. The molecule has 8 heteroatoms. The first-order valence-corrected chi connectivity index (χ1v) is 9.53. The van der Waals surface area contributed by atoms with Crippen molar-refractivity contribution in [2.24, 2.45) is 0 Å². The van der Waals surface area contributed by atoms with Crippen LogP contribution in [0.15, 0.2) is 36.5 Å². The fourth-order valence-electron chi connectivity index (χ4n) is 3.53. The maximum Gasteiger partial charge on any atom is 0.354 e. The molecule has 0 spiro atoms. The first-order valence-electron chi connectivity index (χ1n) is 9.16. The largest absolute Gasteiger partial charge is 0.464 e. The molecule has 150 valence electrons. The number of ether oxygens (including phenoxy) is 1. The quantitative estimate of drug-likeness (QED) is 0.767. The predicted octanol–water partition coefficient (Wildman–Crippen LogP) is 3.73. The number of likely N-dealkylation sites (tertiary alicyclic amines) is 1. The summed E-state index contributed by atoms with van der Waals surface area (Å²) in [6.07, 6.45) is 3.48. The molecule has 0 aliphatic carbocycles. The van der Waals surface area contributed by atoms with Crippen LogP contribution in [0.4, 0.5) is 10.1 Å². The number of methoxy groups -OCH3 is 1. The average molecular weight is 408 g/mol. The van der Waals surface area contributed by atoms with Crippen LogP contribution in [-0.2, 0) is 9.53 Å². The molecule has 1 saturated heterocycles. The minimum absolute atomic E-state index is 0.117. The summed E-state index contributed by atoms with van der Waals surface area (Å²) in [5.41, 5.74) is 0.649. The number of rotatable bonds is 5. The highest BCUT2D eigenvalue weighted by atomic mass is 35.5. The molecule has 1 aliphatic heterocycles. The van der Waals surface area contributed by atoms with Crippen molar-refractivity contribution in [1.29, 1.82) is 0 Å². The fourth-order valence-corrected chi connectivity index (χ4v) is 3.69. The van der Waals surface area contributed by atoms with Crippen molar-refractivity contribution in [3.05, 3.63) is 53.1 Å². The summed E-state index contributed by atoms with van der Waals surface area (Å²) in [4.78, 5) is 26.5.